The fraction of sp³-hybridized carbons (Fsp3) is 0.833. The van der Waals surface area contributed by atoms with E-state index in [0.29, 0.717) is 6.04 Å². The van der Waals surface area contributed by atoms with Gasteiger partial charge in [0.15, 0.2) is 0 Å². The topological polar surface area (TPSA) is 47.0 Å². The van der Waals surface area contributed by atoms with Crippen LogP contribution in [0.25, 0.3) is 0 Å². The van der Waals surface area contributed by atoms with E-state index >= 15 is 0 Å². The Morgan fingerprint density at radius 2 is 2.18 bits per heavy atom. The number of aromatic nitrogens is 2. The number of hydrogen-bond acceptors (Lipinski definition) is 5. The summed E-state index contributed by atoms with van der Waals surface area (Å²) in [5.74, 6) is 0. The zero-order valence-corrected chi connectivity index (χ0v) is 12.2. The summed E-state index contributed by atoms with van der Waals surface area (Å²) < 4.78 is 9.47. The Morgan fingerprint density at radius 3 is 2.65 bits per heavy atom. The van der Waals surface area contributed by atoms with Crippen LogP contribution in [0.2, 0.25) is 0 Å². The van der Waals surface area contributed by atoms with Gasteiger partial charge >= 0.3 is 0 Å². The second-order valence-electron chi connectivity index (χ2n) is 4.84. The van der Waals surface area contributed by atoms with E-state index < -0.39 is 0 Å². The Kier molecular flexibility index (Phi) is 5.49. The van der Waals surface area contributed by atoms with Crippen LogP contribution in [0.3, 0.4) is 0 Å². The first-order valence-corrected chi connectivity index (χ1v) is 6.85. The highest BCUT2D eigenvalue weighted by molar-refractivity contribution is 7.05. The van der Waals surface area contributed by atoms with Gasteiger partial charge in [0, 0.05) is 13.2 Å². The summed E-state index contributed by atoms with van der Waals surface area (Å²) in [6.45, 7) is 9.33. The summed E-state index contributed by atoms with van der Waals surface area (Å²) in [6.07, 6.45) is 2.05. The van der Waals surface area contributed by atoms with Crippen molar-refractivity contribution in [3.05, 3.63) is 10.6 Å². The average Bonchev–Trinajstić information content (AvgIpc) is 2.71. The van der Waals surface area contributed by atoms with Crippen LogP contribution in [0, 0.1) is 6.92 Å². The first kappa shape index (κ1) is 14.5. The average molecular weight is 257 g/mol. The number of aryl methyl sites for hydroxylation is 1. The Hall–Kier alpha value is -0.520. The first-order valence-electron chi connectivity index (χ1n) is 6.07. The van der Waals surface area contributed by atoms with Crippen molar-refractivity contribution in [3.63, 3.8) is 0 Å². The Balaban J connectivity index is 2.65. The third-order valence-corrected chi connectivity index (χ3v) is 3.98. The third-order valence-electron chi connectivity index (χ3n) is 3.04. The highest BCUT2D eigenvalue weighted by Crippen LogP contribution is 2.27. The van der Waals surface area contributed by atoms with E-state index in [0.717, 1.165) is 25.1 Å². The van der Waals surface area contributed by atoms with Gasteiger partial charge in [0.2, 0.25) is 0 Å². The first-order chi connectivity index (χ1) is 8.00. The van der Waals surface area contributed by atoms with E-state index in [1.54, 1.807) is 7.11 Å². The van der Waals surface area contributed by atoms with Crippen LogP contribution in [-0.2, 0) is 4.74 Å². The van der Waals surface area contributed by atoms with Crippen LogP contribution in [0.1, 0.15) is 50.2 Å². The smallest absolute Gasteiger partial charge is 0.0772 e. The van der Waals surface area contributed by atoms with E-state index in [-0.39, 0.29) is 5.60 Å². The molecule has 0 saturated heterocycles. The van der Waals surface area contributed by atoms with Gasteiger partial charge in [-0.1, -0.05) is 11.4 Å². The minimum Gasteiger partial charge on any atom is -0.379 e. The number of methoxy groups -OCH3 is 1. The van der Waals surface area contributed by atoms with Crippen molar-refractivity contribution in [1.29, 1.82) is 0 Å². The number of hydrogen-bond donors (Lipinski definition) is 1. The molecular formula is C12H23N3OS. The van der Waals surface area contributed by atoms with E-state index in [2.05, 4.69) is 35.7 Å². The van der Waals surface area contributed by atoms with Gasteiger partial charge in [-0.25, -0.2) is 0 Å². The van der Waals surface area contributed by atoms with Gasteiger partial charge in [-0.2, -0.15) is 0 Å². The molecule has 1 aromatic rings. The molecule has 0 aromatic carbocycles. The molecule has 4 nitrogen and oxygen atoms in total. The maximum absolute atomic E-state index is 5.46. The van der Waals surface area contributed by atoms with Crippen molar-refractivity contribution in [3.8, 4) is 0 Å². The largest absolute Gasteiger partial charge is 0.379 e. The van der Waals surface area contributed by atoms with Gasteiger partial charge < -0.3 is 10.1 Å². The fourth-order valence-corrected chi connectivity index (χ4v) is 2.48. The molecule has 1 unspecified atom stereocenters. The predicted molar refractivity (Wildman–Crippen MR) is 71.4 cm³/mol. The van der Waals surface area contributed by atoms with Crippen molar-refractivity contribution in [2.75, 3.05) is 13.7 Å². The Morgan fingerprint density at radius 1 is 1.47 bits per heavy atom. The summed E-state index contributed by atoms with van der Waals surface area (Å²) in [4.78, 5) is 1.25. The van der Waals surface area contributed by atoms with Gasteiger partial charge in [-0.3, -0.25) is 0 Å². The van der Waals surface area contributed by atoms with Crippen molar-refractivity contribution in [1.82, 2.24) is 14.9 Å². The lowest BCUT2D eigenvalue weighted by atomic mass is 9.97. The maximum atomic E-state index is 5.46. The SMILES string of the molecule is CCNC(CCC(C)(C)OC)c1snnc1C. The molecular weight excluding hydrogens is 234 g/mol. The highest BCUT2D eigenvalue weighted by Gasteiger charge is 2.22. The quantitative estimate of drug-likeness (QED) is 0.816. The van der Waals surface area contributed by atoms with Crippen LogP contribution in [0.5, 0.6) is 0 Å². The number of ether oxygens (including phenoxy) is 1. The van der Waals surface area contributed by atoms with E-state index in [1.807, 2.05) is 6.92 Å². The lowest BCUT2D eigenvalue weighted by Gasteiger charge is -2.25. The molecule has 0 amide bonds. The molecule has 0 aliphatic carbocycles. The highest BCUT2D eigenvalue weighted by atomic mass is 32.1. The lowest BCUT2D eigenvalue weighted by Crippen LogP contribution is -2.27. The molecule has 98 valence electrons. The summed E-state index contributed by atoms with van der Waals surface area (Å²) >= 11 is 1.49. The monoisotopic (exact) mass is 257 g/mol. The standard InChI is InChI=1S/C12H23N3OS/c1-6-13-10(7-8-12(3,4)16-5)11-9(2)14-15-17-11/h10,13H,6-8H2,1-5H3. The second-order valence-corrected chi connectivity index (χ2v) is 5.62. The normalized spacial score (nSPS) is 13.9. The molecule has 0 saturated carbocycles. The minimum atomic E-state index is -0.0697. The molecule has 5 heteroatoms. The molecule has 1 rings (SSSR count). The van der Waals surface area contributed by atoms with Gasteiger partial charge in [-0.15, -0.1) is 5.10 Å². The molecule has 0 fully saturated rings. The van der Waals surface area contributed by atoms with Gasteiger partial charge in [-0.05, 0) is 51.7 Å². The molecule has 1 N–H and O–H groups in total. The number of rotatable bonds is 7. The summed E-state index contributed by atoms with van der Waals surface area (Å²) in [5.41, 5.74) is 0.968. The van der Waals surface area contributed by atoms with Crippen LogP contribution in [0.4, 0.5) is 0 Å². The molecule has 1 heterocycles. The molecule has 1 aromatic heterocycles. The van der Waals surface area contributed by atoms with Crippen LogP contribution in [-0.4, -0.2) is 28.8 Å². The van der Waals surface area contributed by atoms with E-state index in [1.165, 1.54) is 16.4 Å². The van der Waals surface area contributed by atoms with Gasteiger partial charge in [0.1, 0.15) is 0 Å². The molecule has 0 spiro atoms. The summed E-state index contributed by atoms with van der Waals surface area (Å²) in [7, 11) is 1.77. The van der Waals surface area contributed by atoms with Crippen LogP contribution in [0.15, 0.2) is 0 Å². The Bertz CT molecular complexity index is 338. The predicted octanol–water partition coefficient (Wildman–Crippen LogP) is 2.70. The van der Waals surface area contributed by atoms with E-state index in [9.17, 15) is 0 Å². The van der Waals surface area contributed by atoms with Crippen molar-refractivity contribution >= 4 is 11.5 Å². The summed E-state index contributed by atoms with van der Waals surface area (Å²) in [5, 5.41) is 7.58. The van der Waals surface area contributed by atoms with Gasteiger partial charge in [0.25, 0.3) is 0 Å². The van der Waals surface area contributed by atoms with E-state index in [4.69, 9.17) is 4.74 Å². The molecule has 0 aliphatic heterocycles. The Labute approximate surface area is 108 Å². The molecule has 17 heavy (non-hydrogen) atoms. The summed E-state index contributed by atoms with van der Waals surface area (Å²) in [6, 6.07) is 0.342. The lowest BCUT2D eigenvalue weighted by molar-refractivity contribution is 0.0117. The van der Waals surface area contributed by atoms with Crippen molar-refractivity contribution in [2.24, 2.45) is 0 Å². The molecule has 0 radical (unpaired) electrons. The molecule has 0 aliphatic rings. The molecule has 0 bridgehead atoms. The maximum Gasteiger partial charge on any atom is 0.0772 e. The fourth-order valence-electron chi connectivity index (χ4n) is 1.72. The third kappa shape index (κ3) is 4.33. The molecule has 1 atom stereocenters. The van der Waals surface area contributed by atoms with Gasteiger partial charge in [0.05, 0.1) is 16.2 Å². The van der Waals surface area contributed by atoms with Crippen molar-refractivity contribution in [2.45, 2.75) is 52.2 Å². The van der Waals surface area contributed by atoms with Crippen molar-refractivity contribution < 1.29 is 4.74 Å². The zero-order valence-electron chi connectivity index (χ0n) is 11.4. The van der Waals surface area contributed by atoms with Crippen LogP contribution >= 0.6 is 11.5 Å². The second kappa shape index (κ2) is 6.42. The van der Waals surface area contributed by atoms with Crippen LogP contribution < -0.4 is 5.32 Å². The zero-order chi connectivity index (χ0) is 12.9. The minimum absolute atomic E-state index is 0.0697. The number of nitrogens with one attached hydrogen (secondary N) is 1. The number of nitrogens with zero attached hydrogens (tertiary/aromatic N) is 2.